The van der Waals surface area contributed by atoms with Gasteiger partial charge in [0.1, 0.15) is 5.82 Å². The van der Waals surface area contributed by atoms with Gasteiger partial charge in [0, 0.05) is 24.3 Å². The lowest BCUT2D eigenvalue weighted by Gasteiger charge is -2.20. The molecule has 0 amide bonds. The highest BCUT2D eigenvalue weighted by Crippen LogP contribution is 2.30. The van der Waals surface area contributed by atoms with E-state index in [4.69, 9.17) is 11.6 Å². The van der Waals surface area contributed by atoms with Crippen molar-refractivity contribution in [2.24, 2.45) is 0 Å². The molecule has 2 heterocycles. The molecule has 0 aliphatic rings. The summed E-state index contributed by atoms with van der Waals surface area (Å²) >= 11 is 5.85. The molecule has 0 saturated heterocycles. The van der Waals surface area contributed by atoms with Crippen LogP contribution in [0.2, 0.25) is 5.28 Å². The summed E-state index contributed by atoms with van der Waals surface area (Å²) in [4.78, 5) is 10.1. The predicted octanol–water partition coefficient (Wildman–Crippen LogP) is 3.39. The molecule has 3 aromatic rings. The van der Waals surface area contributed by atoms with E-state index in [-0.39, 0.29) is 5.28 Å². The molecule has 0 saturated carbocycles. The van der Waals surface area contributed by atoms with Gasteiger partial charge in [-0.05, 0) is 49.2 Å². The van der Waals surface area contributed by atoms with Crippen molar-refractivity contribution in [1.29, 1.82) is 0 Å². The number of benzene rings is 1. The fourth-order valence-electron chi connectivity index (χ4n) is 2.29. The van der Waals surface area contributed by atoms with Gasteiger partial charge >= 0.3 is 0 Å². The second-order valence-corrected chi connectivity index (χ2v) is 5.07. The largest absolute Gasteiger partial charge is 0.329 e. The van der Waals surface area contributed by atoms with E-state index in [2.05, 4.69) is 39.2 Å². The van der Waals surface area contributed by atoms with Crippen molar-refractivity contribution >= 4 is 34.0 Å². The van der Waals surface area contributed by atoms with Crippen molar-refractivity contribution in [3.8, 4) is 0 Å². The first-order valence-corrected chi connectivity index (χ1v) is 6.61. The van der Waals surface area contributed by atoms with Gasteiger partial charge in [-0.3, -0.25) is 5.10 Å². The van der Waals surface area contributed by atoms with Crippen LogP contribution in [-0.4, -0.2) is 27.2 Å². The number of hydrogen-bond acceptors (Lipinski definition) is 4. The molecule has 0 aliphatic heterocycles. The number of halogens is 1. The number of nitrogens with zero attached hydrogens (tertiary/aromatic N) is 4. The van der Waals surface area contributed by atoms with Gasteiger partial charge in [0.2, 0.25) is 5.28 Å². The van der Waals surface area contributed by atoms with Crippen molar-refractivity contribution in [1.82, 2.24) is 20.2 Å². The van der Waals surface area contributed by atoms with E-state index >= 15 is 0 Å². The minimum absolute atomic E-state index is 0.241. The van der Waals surface area contributed by atoms with Gasteiger partial charge in [-0.2, -0.15) is 5.10 Å². The van der Waals surface area contributed by atoms with E-state index in [1.165, 1.54) is 0 Å². The number of fused-ring (bicyclic) bond motifs is 1. The van der Waals surface area contributed by atoms with Crippen LogP contribution in [0.15, 0.2) is 24.4 Å². The highest BCUT2D eigenvalue weighted by atomic mass is 35.5. The number of anilines is 2. The van der Waals surface area contributed by atoms with Crippen LogP contribution in [-0.2, 0) is 0 Å². The molecule has 20 heavy (non-hydrogen) atoms. The molecule has 0 radical (unpaired) electrons. The summed E-state index contributed by atoms with van der Waals surface area (Å²) in [6, 6.07) is 6.03. The topological polar surface area (TPSA) is 57.7 Å². The van der Waals surface area contributed by atoms with Crippen LogP contribution in [0.1, 0.15) is 11.3 Å². The second kappa shape index (κ2) is 4.76. The number of hydrogen-bond donors (Lipinski definition) is 1. The molecule has 2 aromatic heterocycles. The Morgan fingerprint density at radius 1 is 1.25 bits per heavy atom. The van der Waals surface area contributed by atoms with Crippen molar-refractivity contribution in [2.75, 3.05) is 11.9 Å². The van der Waals surface area contributed by atoms with Crippen LogP contribution in [0, 0.1) is 13.8 Å². The molecule has 1 N–H and O–H groups in total. The van der Waals surface area contributed by atoms with Crippen LogP contribution in [0.3, 0.4) is 0 Å². The standard InChI is InChI=1S/C14H14ClN5/c1-8-6-10-9(2)18-19-11(10)7-12(8)20(3)13-4-5-16-14(15)17-13/h4-7H,1-3H3,(H,18,19). The molecule has 102 valence electrons. The molecule has 1 aromatic carbocycles. The Morgan fingerprint density at radius 2 is 2.05 bits per heavy atom. The van der Waals surface area contributed by atoms with E-state index in [9.17, 15) is 0 Å². The lowest BCUT2D eigenvalue weighted by molar-refractivity contribution is 1.06. The summed E-state index contributed by atoms with van der Waals surface area (Å²) in [5.41, 5.74) is 4.22. The monoisotopic (exact) mass is 287 g/mol. The van der Waals surface area contributed by atoms with E-state index in [0.29, 0.717) is 0 Å². The molecule has 0 fully saturated rings. The molecule has 5 nitrogen and oxygen atoms in total. The summed E-state index contributed by atoms with van der Waals surface area (Å²) in [5, 5.41) is 8.65. The third-order valence-electron chi connectivity index (χ3n) is 3.39. The first-order valence-electron chi connectivity index (χ1n) is 6.24. The number of aromatic amines is 1. The Labute approximate surface area is 121 Å². The van der Waals surface area contributed by atoms with Crippen LogP contribution >= 0.6 is 11.6 Å². The van der Waals surface area contributed by atoms with E-state index in [1.54, 1.807) is 6.20 Å². The third kappa shape index (κ3) is 2.10. The molecule has 0 atom stereocenters. The van der Waals surface area contributed by atoms with Gasteiger partial charge in [-0.1, -0.05) is 0 Å². The summed E-state index contributed by atoms with van der Waals surface area (Å²) < 4.78 is 0. The van der Waals surface area contributed by atoms with Crippen LogP contribution in [0.25, 0.3) is 10.9 Å². The Morgan fingerprint density at radius 3 is 2.80 bits per heavy atom. The zero-order valence-corrected chi connectivity index (χ0v) is 12.2. The number of nitrogens with one attached hydrogen (secondary N) is 1. The normalized spacial score (nSPS) is 11.0. The smallest absolute Gasteiger partial charge is 0.224 e. The van der Waals surface area contributed by atoms with Gasteiger partial charge in [-0.25, -0.2) is 9.97 Å². The van der Waals surface area contributed by atoms with Gasteiger partial charge in [-0.15, -0.1) is 0 Å². The van der Waals surface area contributed by atoms with Crippen molar-refractivity contribution in [3.05, 3.63) is 40.9 Å². The zero-order valence-electron chi connectivity index (χ0n) is 11.5. The van der Waals surface area contributed by atoms with E-state index in [0.717, 1.165) is 33.7 Å². The third-order valence-corrected chi connectivity index (χ3v) is 3.57. The highest BCUT2D eigenvalue weighted by molar-refractivity contribution is 6.28. The van der Waals surface area contributed by atoms with Crippen molar-refractivity contribution in [3.63, 3.8) is 0 Å². The summed E-state index contributed by atoms with van der Waals surface area (Å²) in [7, 11) is 1.95. The Balaban J connectivity index is 2.11. The van der Waals surface area contributed by atoms with Gasteiger partial charge in [0.05, 0.1) is 11.2 Å². The Kier molecular flexibility index (Phi) is 3.06. The SMILES string of the molecule is Cc1cc2c(C)n[nH]c2cc1N(C)c1ccnc(Cl)n1. The van der Waals surface area contributed by atoms with Gasteiger partial charge in [0.25, 0.3) is 0 Å². The average Bonchev–Trinajstić information content (AvgIpc) is 2.78. The molecule has 0 unspecified atom stereocenters. The molecule has 6 heteroatoms. The van der Waals surface area contributed by atoms with Crippen molar-refractivity contribution < 1.29 is 0 Å². The molecule has 0 spiro atoms. The maximum atomic E-state index is 5.85. The molecule has 3 rings (SSSR count). The van der Waals surface area contributed by atoms with Crippen LogP contribution in [0.5, 0.6) is 0 Å². The lowest BCUT2D eigenvalue weighted by atomic mass is 10.1. The minimum atomic E-state index is 0.241. The first kappa shape index (κ1) is 12.9. The van der Waals surface area contributed by atoms with Crippen LogP contribution < -0.4 is 4.90 Å². The summed E-state index contributed by atoms with van der Waals surface area (Å²) in [6.07, 6.45) is 1.65. The zero-order chi connectivity index (χ0) is 14.3. The number of aryl methyl sites for hydroxylation is 2. The molecule has 0 aliphatic carbocycles. The van der Waals surface area contributed by atoms with Gasteiger partial charge in [0.15, 0.2) is 0 Å². The second-order valence-electron chi connectivity index (χ2n) is 4.74. The quantitative estimate of drug-likeness (QED) is 0.734. The van der Waals surface area contributed by atoms with E-state index in [1.807, 2.05) is 24.9 Å². The van der Waals surface area contributed by atoms with Crippen LogP contribution in [0.4, 0.5) is 11.5 Å². The predicted molar refractivity (Wildman–Crippen MR) is 80.7 cm³/mol. The Hall–Kier alpha value is -2.14. The summed E-state index contributed by atoms with van der Waals surface area (Å²) in [6.45, 7) is 4.06. The number of H-pyrrole nitrogens is 1. The molecular weight excluding hydrogens is 274 g/mol. The fourth-order valence-corrected chi connectivity index (χ4v) is 2.43. The molecular formula is C14H14ClN5. The maximum absolute atomic E-state index is 5.85. The average molecular weight is 288 g/mol. The Bertz CT molecular complexity index is 780. The summed E-state index contributed by atoms with van der Waals surface area (Å²) in [5.74, 6) is 0.753. The first-order chi connectivity index (χ1) is 9.56. The highest BCUT2D eigenvalue weighted by Gasteiger charge is 2.12. The van der Waals surface area contributed by atoms with E-state index < -0.39 is 0 Å². The fraction of sp³-hybridized carbons (Fsp3) is 0.214. The maximum Gasteiger partial charge on any atom is 0.224 e. The van der Waals surface area contributed by atoms with Crippen molar-refractivity contribution in [2.45, 2.75) is 13.8 Å². The minimum Gasteiger partial charge on any atom is -0.329 e. The number of rotatable bonds is 2. The lowest BCUT2D eigenvalue weighted by Crippen LogP contribution is -2.12. The molecule has 0 bridgehead atoms. The number of aromatic nitrogens is 4. The van der Waals surface area contributed by atoms with Gasteiger partial charge < -0.3 is 4.90 Å².